The van der Waals surface area contributed by atoms with Crippen LogP contribution in [0, 0.1) is 23.7 Å². The van der Waals surface area contributed by atoms with Gasteiger partial charge in [-0.25, -0.2) is 0 Å². The van der Waals surface area contributed by atoms with Crippen LogP contribution < -0.4 is 4.74 Å². The summed E-state index contributed by atoms with van der Waals surface area (Å²) in [7, 11) is 1.43. The van der Waals surface area contributed by atoms with Crippen molar-refractivity contribution in [2.45, 2.75) is 29.5 Å². The zero-order valence-corrected chi connectivity index (χ0v) is 23.2. The second kappa shape index (κ2) is 9.13. The van der Waals surface area contributed by atoms with Crippen LogP contribution in [0.5, 0.6) is 11.5 Å². The highest BCUT2D eigenvalue weighted by Crippen LogP contribution is 2.63. The monoisotopic (exact) mass is 610 g/mol. The second-order valence-electron chi connectivity index (χ2n) is 9.74. The van der Waals surface area contributed by atoms with Gasteiger partial charge in [0.2, 0.25) is 11.8 Å². The van der Waals surface area contributed by atoms with Crippen LogP contribution in [0.4, 0.5) is 0 Å². The Balaban J connectivity index is 1.65. The van der Waals surface area contributed by atoms with Crippen molar-refractivity contribution in [3.63, 3.8) is 0 Å². The second-order valence-corrected chi connectivity index (χ2v) is 11.5. The number of aromatic hydroxyl groups is 1. The number of carbonyl (C=O) groups is 4. The van der Waals surface area contributed by atoms with Crippen molar-refractivity contribution < 1.29 is 29.0 Å². The van der Waals surface area contributed by atoms with E-state index in [0.717, 1.165) is 10.5 Å². The molecular weight excluding hydrogens is 587 g/mol. The lowest BCUT2D eigenvalue weighted by Gasteiger charge is -2.49. The molecule has 6 atom stereocenters. The number of ether oxygens (including phenoxy) is 1. The predicted octanol–water partition coefficient (Wildman–Crippen LogP) is 3.68. The smallest absolute Gasteiger partial charge is 0.254 e. The molecule has 0 radical (unpaired) electrons. The molecule has 1 aromatic rings. The van der Waals surface area contributed by atoms with E-state index in [1.54, 1.807) is 31.2 Å². The summed E-state index contributed by atoms with van der Waals surface area (Å²) in [4.78, 5) is 52.0. The molecule has 37 heavy (non-hydrogen) atoms. The Morgan fingerprint density at radius 2 is 1.86 bits per heavy atom. The third-order valence-electron chi connectivity index (χ3n) is 8.16. The van der Waals surface area contributed by atoms with Crippen molar-refractivity contribution in [3.05, 3.63) is 41.5 Å². The summed E-state index contributed by atoms with van der Waals surface area (Å²) in [6, 6.07) is 4.77. The number of phenolic OH excluding ortho intramolecular Hbond substituents is 1. The molecular formula is C26H25BrCl2N2O6. The molecule has 0 aromatic heterocycles. The van der Waals surface area contributed by atoms with Crippen LogP contribution in [0.3, 0.4) is 0 Å². The number of carbonyl (C=O) groups excluding carboxylic acids is 4. The molecule has 2 aliphatic carbocycles. The molecule has 196 valence electrons. The first kappa shape index (κ1) is 26.3. The maximum Gasteiger partial charge on any atom is 0.254 e. The number of benzene rings is 1. The number of allylic oxidation sites excluding steroid dienone is 3. The lowest BCUT2D eigenvalue weighted by atomic mass is 9.57. The Morgan fingerprint density at radius 3 is 2.51 bits per heavy atom. The van der Waals surface area contributed by atoms with Crippen molar-refractivity contribution >= 4 is 68.8 Å². The fourth-order valence-corrected chi connectivity index (χ4v) is 7.76. The summed E-state index contributed by atoms with van der Waals surface area (Å²) in [6.07, 6.45) is 5.63. The molecule has 5 rings (SSSR count). The molecule has 4 amide bonds. The van der Waals surface area contributed by atoms with Crippen molar-refractivity contribution in [2.24, 2.45) is 23.7 Å². The van der Waals surface area contributed by atoms with Crippen LogP contribution in [0.1, 0.15) is 25.3 Å². The number of fused-ring (bicyclic) bond motifs is 4. The van der Waals surface area contributed by atoms with Crippen molar-refractivity contribution in [2.75, 3.05) is 19.1 Å². The predicted molar refractivity (Wildman–Crippen MR) is 140 cm³/mol. The fourth-order valence-electron chi connectivity index (χ4n) is 6.38. The van der Waals surface area contributed by atoms with Gasteiger partial charge in [-0.1, -0.05) is 45.8 Å². The zero-order chi connectivity index (χ0) is 26.9. The summed E-state index contributed by atoms with van der Waals surface area (Å²) < 4.78 is 5.19. The summed E-state index contributed by atoms with van der Waals surface area (Å²) >= 11 is 17.4. The molecule has 11 heteroatoms. The number of hydrogen-bond acceptors (Lipinski definition) is 6. The van der Waals surface area contributed by atoms with Gasteiger partial charge in [0.05, 0.1) is 24.4 Å². The average molecular weight is 612 g/mol. The molecule has 1 aromatic carbocycles. The Labute approximate surface area is 232 Å². The topological polar surface area (TPSA) is 104 Å². The lowest BCUT2D eigenvalue weighted by molar-refractivity contribution is -0.141. The van der Waals surface area contributed by atoms with E-state index >= 15 is 0 Å². The Bertz CT molecular complexity index is 1280. The van der Waals surface area contributed by atoms with Gasteiger partial charge in [-0.15, -0.1) is 23.2 Å². The molecule has 0 unspecified atom stereocenters. The maximum atomic E-state index is 13.6. The Kier molecular flexibility index (Phi) is 6.48. The van der Waals surface area contributed by atoms with Gasteiger partial charge in [-0.3, -0.25) is 29.0 Å². The van der Waals surface area contributed by atoms with Crippen LogP contribution >= 0.6 is 39.1 Å². The highest BCUT2D eigenvalue weighted by Gasteiger charge is 2.75. The molecule has 2 heterocycles. The molecule has 0 bridgehead atoms. The first-order chi connectivity index (χ1) is 17.5. The number of phenols is 1. The van der Waals surface area contributed by atoms with Crippen LogP contribution in [-0.4, -0.2) is 67.4 Å². The Hall–Kier alpha value is -2.36. The molecule has 4 aliphatic rings. The number of halogens is 3. The molecule has 0 spiro atoms. The highest BCUT2D eigenvalue weighted by molar-refractivity contribution is 9.09. The van der Waals surface area contributed by atoms with Gasteiger partial charge in [0.25, 0.3) is 11.8 Å². The van der Waals surface area contributed by atoms with E-state index in [4.69, 9.17) is 27.9 Å². The molecule has 1 N–H and O–H groups in total. The zero-order valence-electron chi connectivity index (χ0n) is 20.1. The van der Waals surface area contributed by atoms with Crippen LogP contribution in [0.25, 0.3) is 6.08 Å². The van der Waals surface area contributed by atoms with Gasteiger partial charge in [0.1, 0.15) is 0 Å². The third kappa shape index (κ3) is 3.46. The summed E-state index contributed by atoms with van der Waals surface area (Å²) in [5.74, 6) is -4.07. The third-order valence-corrected chi connectivity index (χ3v) is 10.1. The van der Waals surface area contributed by atoms with E-state index in [-0.39, 0.29) is 41.7 Å². The number of alkyl halides is 3. The van der Waals surface area contributed by atoms with Crippen molar-refractivity contribution in [1.29, 1.82) is 0 Å². The quantitative estimate of drug-likeness (QED) is 0.236. The Morgan fingerprint density at radius 1 is 1.14 bits per heavy atom. The minimum Gasteiger partial charge on any atom is -0.504 e. The normalized spacial score (nSPS) is 35.1. The van der Waals surface area contributed by atoms with E-state index in [1.165, 1.54) is 18.1 Å². The number of rotatable bonds is 5. The maximum absolute atomic E-state index is 13.6. The van der Waals surface area contributed by atoms with E-state index in [2.05, 4.69) is 15.9 Å². The van der Waals surface area contributed by atoms with Crippen LogP contribution in [0.15, 0.2) is 35.9 Å². The van der Waals surface area contributed by atoms with Gasteiger partial charge in [-0.2, -0.15) is 0 Å². The lowest BCUT2D eigenvalue weighted by Crippen LogP contribution is -2.60. The molecule has 3 fully saturated rings. The molecule has 1 saturated carbocycles. The SMILES string of the molecule is CCN1C(=O)[C@H]2[C@H](CC=C3[C@H]2C[C@@]2(Cl)C(=O)N(CBr)C(=O)[C@@]2(Cl)[C@H]3C=Cc2ccc(O)c(OC)c2)C1=O. The largest absolute Gasteiger partial charge is 0.504 e. The number of methoxy groups -OCH3 is 1. The van der Waals surface area contributed by atoms with Gasteiger partial charge < -0.3 is 9.84 Å². The fraction of sp³-hybridized carbons (Fsp3) is 0.462. The minimum atomic E-state index is -1.83. The summed E-state index contributed by atoms with van der Waals surface area (Å²) in [5, 5.41) is 9.95. The van der Waals surface area contributed by atoms with Gasteiger partial charge in [0.15, 0.2) is 21.2 Å². The van der Waals surface area contributed by atoms with Crippen molar-refractivity contribution in [3.8, 4) is 11.5 Å². The first-order valence-corrected chi connectivity index (χ1v) is 13.8. The van der Waals surface area contributed by atoms with Crippen LogP contribution in [0.2, 0.25) is 0 Å². The average Bonchev–Trinajstić information content (AvgIpc) is 3.21. The number of amides is 4. The minimum absolute atomic E-state index is 0.0265. The highest BCUT2D eigenvalue weighted by atomic mass is 79.9. The number of hydrogen-bond donors (Lipinski definition) is 1. The number of imide groups is 2. The van der Waals surface area contributed by atoms with E-state index in [1.807, 2.05) is 6.08 Å². The van der Waals surface area contributed by atoms with Gasteiger partial charge in [0, 0.05) is 12.5 Å². The van der Waals surface area contributed by atoms with Gasteiger partial charge in [-0.05, 0) is 43.4 Å². The van der Waals surface area contributed by atoms with E-state index in [9.17, 15) is 24.3 Å². The summed E-state index contributed by atoms with van der Waals surface area (Å²) in [6.45, 7) is 2.01. The number of likely N-dealkylation sites (tertiary alicyclic amines) is 2. The first-order valence-electron chi connectivity index (χ1n) is 12.0. The number of nitrogens with zero attached hydrogens (tertiary/aromatic N) is 2. The summed E-state index contributed by atoms with van der Waals surface area (Å²) in [5.41, 5.74) is 1.31. The molecule has 8 nitrogen and oxygen atoms in total. The molecule has 2 saturated heterocycles. The van der Waals surface area contributed by atoms with E-state index < -0.39 is 45.2 Å². The van der Waals surface area contributed by atoms with Crippen LogP contribution in [-0.2, 0) is 19.2 Å². The standard InChI is InChI=1S/C26H25BrCl2N2O6/c1-3-30-21(33)15-7-6-14-16(20(15)22(30)34)11-25(28)23(35)31(12-27)24(36)26(25,29)17(14)8-4-13-5-9-18(32)19(10-13)37-2/h4-6,8-10,15-17,20,32H,3,7,11-12H2,1-2H3/t15-,16+,17-,20-,25+,26-/m0/s1. The molecule has 2 aliphatic heterocycles. The van der Waals surface area contributed by atoms with Crippen molar-refractivity contribution in [1.82, 2.24) is 9.80 Å². The van der Waals surface area contributed by atoms with E-state index in [0.29, 0.717) is 12.0 Å². The van der Waals surface area contributed by atoms with Gasteiger partial charge >= 0.3 is 0 Å².